The molecule has 0 saturated heterocycles. The summed E-state index contributed by atoms with van der Waals surface area (Å²) in [6, 6.07) is 20.5. The number of likely N-dealkylation sites (N-methyl/N-ethyl adjacent to an activating group) is 1. The Morgan fingerprint density at radius 2 is 1.39 bits per heavy atom. The fourth-order valence-electron chi connectivity index (χ4n) is 2.46. The minimum Gasteiger partial charge on any atom is -0.444 e. The molecule has 23 heavy (non-hydrogen) atoms. The predicted octanol–water partition coefficient (Wildman–Crippen LogP) is 4.69. The number of hydrogen-bond donors (Lipinski definition) is 0. The monoisotopic (exact) mass is 311 g/mol. The third kappa shape index (κ3) is 5.13. The Labute approximate surface area is 138 Å². The van der Waals surface area contributed by atoms with Crippen molar-refractivity contribution >= 4 is 6.09 Å². The third-order valence-electron chi connectivity index (χ3n) is 3.57. The van der Waals surface area contributed by atoms with Crippen LogP contribution < -0.4 is 0 Å². The average Bonchev–Trinajstić information content (AvgIpc) is 2.52. The van der Waals surface area contributed by atoms with Gasteiger partial charge in [-0.15, -0.1) is 0 Å². The van der Waals surface area contributed by atoms with Gasteiger partial charge >= 0.3 is 6.09 Å². The average molecular weight is 311 g/mol. The van der Waals surface area contributed by atoms with Crippen molar-refractivity contribution in [3.63, 3.8) is 0 Å². The molecule has 0 aromatic heterocycles. The standard InChI is InChI=1S/C20H25NO2/c1-20(2,3)23-19(22)21(4)15-18(16-11-7-5-8-12-16)17-13-9-6-10-14-17/h5-14,18H,15H2,1-4H3. The molecule has 0 N–H and O–H groups in total. The second-order valence-electron chi connectivity index (χ2n) is 6.73. The fourth-order valence-corrected chi connectivity index (χ4v) is 2.46. The van der Waals surface area contributed by atoms with Crippen molar-refractivity contribution in [3.8, 4) is 0 Å². The Bertz CT molecular complexity index is 578. The molecular formula is C20H25NO2. The lowest BCUT2D eigenvalue weighted by Gasteiger charge is -2.28. The van der Waals surface area contributed by atoms with Crippen LogP contribution in [0.1, 0.15) is 37.8 Å². The molecule has 2 aromatic carbocycles. The number of ether oxygens (including phenoxy) is 1. The van der Waals surface area contributed by atoms with Crippen LogP contribution in [0.25, 0.3) is 0 Å². The normalized spacial score (nSPS) is 11.3. The van der Waals surface area contributed by atoms with E-state index in [4.69, 9.17) is 4.74 Å². The van der Waals surface area contributed by atoms with E-state index >= 15 is 0 Å². The topological polar surface area (TPSA) is 29.5 Å². The number of hydrogen-bond acceptors (Lipinski definition) is 2. The maximum atomic E-state index is 12.3. The summed E-state index contributed by atoms with van der Waals surface area (Å²) in [4.78, 5) is 13.9. The molecule has 0 atom stereocenters. The Hall–Kier alpha value is -2.29. The second-order valence-corrected chi connectivity index (χ2v) is 6.73. The smallest absolute Gasteiger partial charge is 0.410 e. The molecule has 0 aliphatic rings. The first-order valence-corrected chi connectivity index (χ1v) is 7.91. The first-order chi connectivity index (χ1) is 10.9. The number of carbonyl (C=O) groups is 1. The van der Waals surface area contributed by atoms with Gasteiger partial charge in [-0.1, -0.05) is 60.7 Å². The van der Waals surface area contributed by atoms with Crippen LogP contribution >= 0.6 is 0 Å². The van der Waals surface area contributed by atoms with Crippen LogP contribution in [0.2, 0.25) is 0 Å². The molecule has 0 aliphatic carbocycles. The van der Waals surface area contributed by atoms with E-state index in [2.05, 4.69) is 24.3 Å². The van der Waals surface area contributed by atoms with E-state index in [1.165, 1.54) is 11.1 Å². The van der Waals surface area contributed by atoms with Gasteiger partial charge in [0.2, 0.25) is 0 Å². The highest BCUT2D eigenvalue weighted by molar-refractivity contribution is 5.68. The molecule has 0 saturated carbocycles. The van der Waals surface area contributed by atoms with Crippen LogP contribution in [0.4, 0.5) is 4.79 Å². The summed E-state index contributed by atoms with van der Waals surface area (Å²) in [6.07, 6.45) is -0.297. The lowest BCUT2D eigenvalue weighted by atomic mass is 9.91. The van der Waals surface area contributed by atoms with E-state index in [9.17, 15) is 4.79 Å². The molecule has 0 heterocycles. The van der Waals surface area contributed by atoms with Crippen LogP contribution in [-0.2, 0) is 4.74 Å². The summed E-state index contributed by atoms with van der Waals surface area (Å²) in [6.45, 7) is 6.21. The zero-order valence-corrected chi connectivity index (χ0v) is 14.3. The van der Waals surface area contributed by atoms with E-state index in [0.29, 0.717) is 6.54 Å². The van der Waals surface area contributed by atoms with Crippen molar-refractivity contribution < 1.29 is 9.53 Å². The molecule has 122 valence electrons. The summed E-state index contributed by atoms with van der Waals surface area (Å²) in [5.74, 6) is 0.120. The van der Waals surface area contributed by atoms with E-state index in [0.717, 1.165) is 0 Å². The van der Waals surface area contributed by atoms with Crippen LogP contribution in [0.5, 0.6) is 0 Å². The molecule has 2 aromatic rings. The molecule has 0 unspecified atom stereocenters. The maximum absolute atomic E-state index is 12.3. The fraction of sp³-hybridized carbons (Fsp3) is 0.350. The lowest BCUT2D eigenvalue weighted by Crippen LogP contribution is -2.36. The molecule has 0 fully saturated rings. The van der Waals surface area contributed by atoms with Crippen LogP contribution in [0, 0.1) is 0 Å². The first kappa shape index (κ1) is 17.1. The largest absolute Gasteiger partial charge is 0.444 e. The zero-order chi connectivity index (χ0) is 16.9. The van der Waals surface area contributed by atoms with Crippen molar-refractivity contribution in [1.82, 2.24) is 4.90 Å². The van der Waals surface area contributed by atoms with E-state index in [1.807, 2.05) is 57.2 Å². The van der Waals surface area contributed by atoms with Crippen LogP contribution in [-0.4, -0.2) is 30.2 Å². The summed E-state index contributed by atoms with van der Waals surface area (Å²) < 4.78 is 5.46. The second kappa shape index (κ2) is 7.32. The zero-order valence-electron chi connectivity index (χ0n) is 14.3. The summed E-state index contributed by atoms with van der Waals surface area (Å²) in [7, 11) is 1.78. The van der Waals surface area contributed by atoms with Crippen molar-refractivity contribution in [3.05, 3.63) is 71.8 Å². The number of carbonyl (C=O) groups excluding carboxylic acids is 1. The quantitative estimate of drug-likeness (QED) is 0.820. The number of amides is 1. The molecule has 1 amide bonds. The van der Waals surface area contributed by atoms with Crippen LogP contribution in [0.15, 0.2) is 60.7 Å². The molecule has 0 spiro atoms. The summed E-state index contributed by atoms with van der Waals surface area (Å²) in [5, 5.41) is 0. The Balaban J connectivity index is 2.21. The lowest BCUT2D eigenvalue weighted by molar-refractivity contribution is 0.0294. The van der Waals surface area contributed by atoms with E-state index in [-0.39, 0.29) is 12.0 Å². The molecule has 0 aliphatic heterocycles. The van der Waals surface area contributed by atoms with Gasteiger partial charge in [-0.05, 0) is 31.9 Å². The van der Waals surface area contributed by atoms with Gasteiger partial charge in [-0.25, -0.2) is 4.79 Å². The van der Waals surface area contributed by atoms with E-state index in [1.54, 1.807) is 11.9 Å². The highest BCUT2D eigenvalue weighted by Crippen LogP contribution is 2.25. The van der Waals surface area contributed by atoms with Gasteiger partial charge in [0.25, 0.3) is 0 Å². The van der Waals surface area contributed by atoms with Gasteiger partial charge in [-0.2, -0.15) is 0 Å². The Morgan fingerprint density at radius 1 is 0.957 bits per heavy atom. The van der Waals surface area contributed by atoms with Gasteiger partial charge in [0.15, 0.2) is 0 Å². The van der Waals surface area contributed by atoms with Crippen molar-refractivity contribution in [2.24, 2.45) is 0 Å². The molecular weight excluding hydrogens is 286 g/mol. The highest BCUT2D eigenvalue weighted by atomic mass is 16.6. The van der Waals surface area contributed by atoms with Gasteiger partial charge < -0.3 is 9.64 Å². The summed E-state index contributed by atoms with van der Waals surface area (Å²) >= 11 is 0. The Kier molecular flexibility index (Phi) is 5.43. The first-order valence-electron chi connectivity index (χ1n) is 7.91. The minimum absolute atomic E-state index is 0.120. The molecule has 2 rings (SSSR count). The van der Waals surface area contributed by atoms with Gasteiger partial charge in [0.05, 0.1) is 0 Å². The molecule has 3 heteroatoms. The number of rotatable bonds is 4. The SMILES string of the molecule is CN(CC(c1ccccc1)c1ccccc1)C(=O)OC(C)(C)C. The van der Waals surface area contributed by atoms with Crippen LogP contribution in [0.3, 0.4) is 0 Å². The minimum atomic E-state index is -0.486. The molecule has 0 radical (unpaired) electrons. The van der Waals surface area contributed by atoms with Gasteiger partial charge in [0, 0.05) is 19.5 Å². The predicted molar refractivity (Wildman–Crippen MR) is 93.6 cm³/mol. The van der Waals surface area contributed by atoms with Crippen molar-refractivity contribution in [1.29, 1.82) is 0 Å². The maximum Gasteiger partial charge on any atom is 0.410 e. The van der Waals surface area contributed by atoms with Crippen molar-refractivity contribution in [2.75, 3.05) is 13.6 Å². The third-order valence-corrected chi connectivity index (χ3v) is 3.57. The summed E-state index contributed by atoms with van der Waals surface area (Å²) in [5.41, 5.74) is 1.89. The highest BCUT2D eigenvalue weighted by Gasteiger charge is 2.23. The van der Waals surface area contributed by atoms with Crippen molar-refractivity contribution in [2.45, 2.75) is 32.3 Å². The molecule has 3 nitrogen and oxygen atoms in total. The van der Waals surface area contributed by atoms with Gasteiger partial charge in [0.1, 0.15) is 5.60 Å². The molecule has 0 bridgehead atoms. The van der Waals surface area contributed by atoms with Gasteiger partial charge in [-0.3, -0.25) is 0 Å². The number of nitrogens with zero attached hydrogens (tertiary/aromatic N) is 1. The number of benzene rings is 2. The van der Waals surface area contributed by atoms with E-state index < -0.39 is 5.60 Å². The Morgan fingerprint density at radius 3 is 1.78 bits per heavy atom.